The molecule has 86 valence electrons. The van der Waals surface area contributed by atoms with Crippen molar-refractivity contribution in [2.45, 2.75) is 38.6 Å². The topological polar surface area (TPSA) is 35.5 Å². The number of unbranched alkanes of at least 4 members (excludes halogenated alkanes) is 1. The monoisotopic (exact) mass is 202 g/mol. The third-order valence-electron chi connectivity index (χ3n) is 2.54. The van der Waals surface area contributed by atoms with Crippen molar-refractivity contribution < 1.29 is 5.11 Å². The summed E-state index contributed by atoms with van der Waals surface area (Å²) in [6.45, 7) is 6.45. The van der Waals surface area contributed by atoms with Crippen molar-refractivity contribution in [1.29, 1.82) is 0 Å². The second kappa shape index (κ2) is 7.21. The number of nitrogens with one attached hydrogen (secondary N) is 1. The van der Waals surface area contributed by atoms with Crippen LogP contribution in [0.4, 0.5) is 0 Å². The SMILES string of the molecule is CCNC(C)(CO)CCCCN(C)C. The standard InChI is InChI=1S/C11H26N2O/c1-5-12-11(2,10-14)8-6-7-9-13(3)4/h12,14H,5-10H2,1-4H3. The molecule has 0 aliphatic heterocycles. The highest BCUT2D eigenvalue weighted by atomic mass is 16.3. The fourth-order valence-electron chi connectivity index (χ4n) is 1.59. The van der Waals surface area contributed by atoms with Crippen molar-refractivity contribution in [3.8, 4) is 0 Å². The van der Waals surface area contributed by atoms with E-state index in [0.29, 0.717) is 0 Å². The Labute approximate surface area is 88.5 Å². The predicted octanol–water partition coefficient (Wildman–Crippen LogP) is 1.08. The van der Waals surface area contributed by atoms with Gasteiger partial charge in [0.05, 0.1) is 6.61 Å². The molecular weight excluding hydrogens is 176 g/mol. The van der Waals surface area contributed by atoms with E-state index in [-0.39, 0.29) is 12.1 Å². The van der Waals surface area contributed by atoms with Gasteiger partial charge in [-0.1, -0.05) is 13.3 Å². The molecule has 0 radical (unpaired) electrons. The molecule has 0 fully saturated rings. The molecule has 0 aliphatic rings. The summed E-state index contributed by atoms with van der Waals surface area (Å²) in [5.74, 6) is 0. The lowest BCUT2D eigenvalue weighted by molar-refractivity contribution is 0.164. The molecule has 0 aliphatic carbocycles. The zero-order chi connectivity index (χ0) is 11.0. The molecule has 0 amide bonds. The van der Waals surface area contributed by atoms with Gasteiger partial charge in [0.2, 0.25) is 0 Å². The van der Waals surface area contributed by atoms with Gasteiger partial charge in [-0.25, -0.2) is 0 Å². The summed E-state index contributed by atoms with van der Waals surface area (Å²) in [7, 11) is 4.19. The van der Waals surface area contributed by atoms with Crippen LogP contribution in [-0.2, 0) is 0 Å². The van der Waals surface area contributed by atoms with Gasteiger partial charge in [0.25, 0.3) is 0 Å². The molecule has 1 atom stereocenters. The minimum atomic E-state index is -0.0823. The van der Waals surface area contributed by atoms with E-state index in [9.17, 15) is 5.11 Å². The number of aliphatic hydroxyl groups is 1. The first-order chi connectivity index (χ1) is 6.54. The number of nitrogens with zero attached hydrogens (tertiary/aromatic N) is 1. The average Bonchev–Trinajstić information content (AvgIpc) is 2.13. The van der Waals surface area contributed by atoms with Crippen molar-refractivity contribution in [2.24, 2.45) is 0 Å². The molecule has 0 saturated heterocycles. The second-order valence-corrected chi connectivity index (χ2v) is 4.51. The van der Waals surface area contributed by atoms with Gasteiger partial charge in [0.15, 0.2) is 0 Å². The molecule has 0 heterocycles. The summed E-state index contributed by atoms with van der Waals surface area (Å²) in [6.07, 6.45) is 3.42. The van der Waals surface area contributed by atoms with Crippen molar-refractivity contribution in [3.63, 3.8) is 0 Å². The number of likely N-dealkylation sites (N-methyl/N-ethyl adjacent to an activating group) is 1. The highest BCUT2D eigenvalue weighted by Crippen LogP contribution is 2.12. The van der Waals surface area contributed by atoms with Gasteiger partial charge in [-0.2, -0.15) is 0 Å². The minimum Gasteiger partial charge on any atom is -0.394 e. The first kappa shape index (κ1) is 13.9. The normalized spacial score (nSPS) is 15.9. The Morgan fingerprint density at radius 1 is 1.29 bits per heavy atom. The lowest BCUT2D eigenvalue weighted by Gasteiger charge is -2.28. The number of rotatable bonds is 8. The third-order valence-corrected chi connectivity index (χ3v) is 2.54. The average molecular weight is 202 g/mol. The lowest BCUT2D eigenvalue weighted by Crippen LogP contribution is -2.45. The van der Waals surface area contributed by atoms with Crippen LogP contribution in [0.3, 0.4) is 0 Å². The van der Waals surface area contributed by atoms with Crippen LogP contribution in [0, 0.1) is 0 Å². The van der Waals surface area contributed by atoms with E-state index in [1.54, 1.807) is 0 Å². The van der Waals surface area contributed by atoms with Gasteiger partial charge in [-0.05, 0) is 47.0 Å². The van der Waals surface area contributed by atoms with E-state index < -0.39 is 0 Å². The van der Waals surface area contributed by atoms with Crippen molar-refractivity contribution in [2.75, 3.05) is 33.8 Å². The van der Waals surface area contributed by atoms with Crippen LogP contribution in [-0.4, -0.2) is 49.3 Å². The molecule has 14 heavy (non-hydrogen) atoms. The highest BCUT2D eigenvalue weighted by Gasteiger charge is 2.20. The Bertz CT molecular complexity index is 139. The molecule has 0 aromatic rings. The summed E-state index contributed by atoms with van der Waals surface area (Å²) in [4.78, 5) is 2.20. The van der Waals surface area contributed by atoms with E-state index >= 15 is 0 Å². The molecule has 0 aromatic heterocycles. The maximum atomic E-state index is 9.25. The van der Waals surface area contributed by atoms with Crippen molar-refractivity contribution in [1.82, 2.24) is 10.2 Å². The molecule has 0 rings (SSSR count). The quantitative estimate of drug-likeness (QED) is 0.578. The third kappa shape index (κ3) is 6.35. The van der Waals surface area contributed by atoms with Crippen molar-refractivity contribution in [3.05, 3.63) is 0 Å². The number of hydrogen-bond acceptors (Lipinski definition) is 3. The fraction of sp³-hybridized carbons (Fsp3) is 1.00. The molecule has 0 saturated carbocycles. The lowest BCUT2D eigenvalue weighted by atomic mass is 9.95. The highest BCUT2D eigenvalue weighted by molar-refractivity contribution is 4.81. The summed E-state index contributed by atoms with van der Waals surface area (Å²) in [6, 6.07) is 0. The largest absolute Gasteiger partial charge is 0.394 e. The van der Waals surface area contributed by atoms with Gasteiger partial charge in [-0.15, -0.1) is 0 Å². The van der Waals surface area contributed by atoms with Crippen LogP contribution in [0.15, 0.2) is 0 Å². The van der Waals surface area contributed by atoms with Crippen LogP contribution >= 0.6 is 0 Å². The molecule has 3 nitrogen and oxygen atoms in total. The Morgan fingerprint density at radius 2 is 1.93 bits per heavy atom. The summed E-state index contributed by atoms with van der Waals surface area (Å²) in [5.41, 5.74) is -0.0823. The van der Waals surface area contributed by atoms with Crippen LogP contribution in [0.25, 0.3) is 0 Å². The first-order valence-corrected chi connectivity index (χ1v) is 5.54. The summed E-state index contributed by atoms with van der Waals surface area (Å²) >= 11 is 0. The molecule has 1 unspecified atom stereocenters. The maximum absolute atomic E-state index is 9.25. The zero-order valence-corrected chi connectivity index (χ0v) is 10.1. The van der Waals surface area contributed by atoms with E-state index in [2.05, 4.69) is 38.2 Å². The molecule has 3 heteroatoms. The van der Waals surface area contributed by atoms with Crippen molar-refractivity contribution >= 4 is 0 Å². The smallest absolute Gasteiger partial charge is 0.0610 e. The maximum Gasteiger partial charge on any atom is 0.0610 e. The van der Waals surface area contributed by atoms with Crippen LogP contribution in [0.5, 0.6) is 0 Å². The summed E-state index contributed by atoms with van der Waals surface area (Å²) < 4.78 is 0. The second-order valence-electron chi connectivity index (χ2n) is 4.51. The predicted molar refractivity (Wildman–Crippen MR) is 61.6 cm³/mol. The van der Waals surface area contributed by atoms with Crippen LogP contribution < -0.4 is 5.32 Å². The van der Waals surface area contributed by atoms with E-state index in [1.165, 1.54) is 12.8 Å². The number of hydrogen-bond donors (Lipinski definition) is 2. The first-order valence-electron chi connectivity index (χ1n) is 5.54. The Balaban J connectivity index is 3.61. The van der Waals surface area contributed by atoms with E-state index in [0.717, 1.165) is 19.5 Å². The van der Waals surface area contributed by atoms with E-state index in [1.807, 2.05) is 0 Å². The molecule has 0 spiro atoms. The molecule has 0 bridgehead atoms. The minimum absolute atomic E-state index is 0.0823. The summed E-state index contributed by atoms with van der Waals surface area (Å²) in [5, 5.41) is 12.6. The van der Waals surface area contributed by atoms with Crippen LogP contribution in [0.1, 0.15) is 33.1 Å². The van der Waals surface area contributed by atoms with Crippen LogP contribution in [0.2, 0.25) is 0 Å². The zero-order valence-electron chi connectivity index (χ0n) is 10.1. The van der Waals surface area contributed by atoms with Gasteiger partial charge in [0.1, 0.15) is 0 Å². The van der Waals surface area contributed by atoms with Gasteiger partial charge >= 0.3 is 0 Å². The molecule has 2 N–H and O–H groups in total. The fourth-order valence-corrected chi connectivity index (χ4v) is 1.59. The Morgan fingerprint density at radius 3 is 2.36 bits per heavy atom. The molecule has 0 aromatic carbocycles. The van der Waals surface area contributed by atoms with E-state index in [4.69, 9.17) is 0 Å². The molecular formula is C11H26N2O. The van der Waals surface area contributed by atoms with Gasteiger partial charge in [0, 0.05) is 5.54 Å². The number of aliphatic hydroxyl groups excluding tert-OH is 1. The Hall–Kier alpha value is -0.120. The van der Waals surface area contributed by atoms with Gasteiger partial charge < -0.3 is 15.3 Å². The Kier molecular flexibility index (Phi) is 7.15. The van der Waals surface area contributed by atoms with Gasteiger partial charge in [-0.3, -0.25) is 0 Å².